The Hall–Kier alpha value is -2.43. The molecule has 0 saturated carbocycles. The number of phenolic OH excluding ortho intramolecular Hbond substituents is 1. The average Bonchev–Trinajstić information content (AvgIpc) is 3.11. The molecule has 0 fully saturated rings. The van der Waals surface area contributed by atoms with E-state index in [2.05, 4.69) is 47.3 Å². The first kappa shape index (κ1) is 19.9. The van der Waals surface area contributed by atoms with Crippen LogP contribution in [0.1, 0.15) is 5.56 Å². The van der Waals surface area contributed by atoms with Crippen molar-refractivity contribution in [2.24, 2.45) is 10.1 Å². The zero-order valence-corrected chi connectivity index (χ0v) is 19.0. The number of thiazole rings is 1. The van der Waals surface area contributed by atoms with Gasteiger partial charge >= 0.3 is 0 Å². The van der Waals surface area contributed by atoms with Crippen molar-refractivity contribution in [1.29, 1.82) is 0 Å². The van der Waals surface area contributed by atoms with Gasteiger partial charge in [0.2, 0.25) is 4.80 Å². The minimum Gasteiger partial charge on any atom is -0.506 e. The maximum absolute atomic E-state index is 11.6. The molecule has 4 rings (SSSR count). The van der Waals surface area contributed by atoms with Crippen molar-refractivity contribution >= 4 is 61.0 Å². The van der Waals surface area contributed by atoms with Crippen LogP contribution < -0.4 is 14.9 Å². The number of carbonyl (C=O) groups is 1. The minimum atomic E-state index is -0.189. The molecule has 1 aliphatic heterocycles. The number of ether oxygens (including phenoxy) is 1. The Morgan fingerprint density at radius 3 is 2.93 bits per heavy atom. The summed E-state index contributed by atoms with van der Waals surface area (Å²) >= 11 is 8.17. The summed E-state index contributed by atoms with van der Waals surface area (Å²) in [5, 5.41) is 19.6. The van der Waals surface area contributed by atoms with E-state index in [1.807, 2.05) is 23.6 Å². The van der Waals surface area contributed by atoms with E-state index in [0.717, 1.165) is 15.7 Å². The van der Waals surface area contributed by atoms with Gasteiger partial charge in [0.25, 0.3) is 5.91 Å². The van der Waals surface area contributed by atoms with Crippen LogP contribution in [0.5, 0.6) is 11.5 Å². The normalized spacial score (nSPS) is 14.0. The third kappa shape index (κ3) is 4.00. The van der Waals surface area contributed by atoms with Gasteiger partial charge in [-0.05, 0) is 46.3 Å². The van der Waals surface area contributed by atoms with E-state index in [0.29, 0.717) is 26.3 Å². The molecule has 29 heavy (non-hydrogen) atoms. The number of benzene rings is 2. The second-order valence-electron chi connectivity index (χ2n) is 6.06. The highest BCUT2D eigenvalue weighted by molar-refractivity contribution is 9.11. The molecule has 0 bridgehead atoms. The van der Waals surface area contributed by atoms with Gasteiger partial charge in [0, 0.05) is 28.0 Å². The van der Waals surface area contributed by atoms with Gasteiger partial charge < -0.3 is 15.2 Å². The molecule has 10 heteroatoms. The van der Waals surface area contributed by atoms with Crippen molar-refractivity contribution in [1.82, 2.24) is 4.68 Å². The Balaban J connectivity index is 1.78. The molecule has 2 heterocycles. The summed E-state index contributed by atoms with van der Waals surface area (Å²) in [4.78, 5) is 16.6. The number of rotatable bonds is 3. The van der Waals surface area contributed by atoms with E-state index >= 15 is 0 Å². The van der Waals surface area contributed by atoms with Gasteiger partial charge in [0.05, 0.1) is 22.1 Å². The molecule has 2 aromatic carbocycles. The Labute approximate surface area is 186 Å². The van der Waals surface area contributed by atoms with Crippen LogP contribution in [0.25, 0.3) is 11.3 Å². The summed E-state index contributed by atoms with van der Waals surface area (Å²) in [6.45, 7) is 0.0135. The Morgan fingerprint density at radius 2 is 2.14 bits per heavy atom. The van der Waals surface area contributed by atoms with Gasteiger partial charge in [-0.15, -0.1) is 11.3 Å². The van der Waals surface area contributed by atoms with Crippen LogP contribution in [-0.2, 0) is 4.79 Å². The molecular weight excluding hydrogens is 524 g/mol. The smallest absolute Gasteiger partial charge is 0.262 e. The predicted molar refractivity (Wildman–Crippen MR) is 120 cm³/mol. The van der Waals surface area contributed by atoms with Crippen LogP contribution in [0.4, 0.5) is 5.69 Å². The predicted octanol–water partition coefficient (Wildman–Crippen LogP) is 4.19. The van der Waals surface area contributed by atoms with Crippen molar-refractivity contribution in [2.45, 2.75) is 0 Å². The summed E-state index contributed by atoms with van der Waals surface area (Å²) in [6.07, 6.45) is 1.57. The summed E-state index contributed by atoms with van der Waals surface area (Å²) < 4.78 is 8.48. The topological polar surface area (TPSA) is 88.2 Å². The summed E-state index contributed by atoms with van der Waals surface area (Å²) in [6, 6.07) is 9.08. The number of amides is 1. The second-order valence-corrected chi connectivity index (χ2v) is 8.66. The molecule has 148 valence electrons. The van der Waals surface area contributed by atoms with Crippen molar-refractivity contribution < 1.29 is 14.6 Å². The zero-order chi connectivity index (χ0) is 20.5. The molecule has 0 radical (unpaired) electrons. The van der Waals surface area contributed by atoms with Crippen molar-refractivity contribution in [3.05, 3.63) is 55.0 Å². The standard InChI is InChI=1S/C19H14Br2N4O3S/c1-22-19-25(23-7-11-4-12(20)6-13(21)18(11)27)15(9-29-19)10-2-3-16-14(5-10)24-17(26)8-28-16/h2-7,9,27H,8H2,1H3,(H,24,26). The number of nitrogens with one attached hydrogen (secondary N) is 1. The highest BCUT2D eigenvalue weighted by atomic mass is 79.9. The lowest BCUT2D eigenvalue weighted by Gasteiger charge is -2.18. The summed E-state index contributed by atoms with van der Waals surface area (Å²) in [7, 11) is 1.69. The lowest BCUT2D eigenvalue weighted by Crippen LogP contribution is -2.25. The quantitative estimate of drug-likeness (QED) is 0.491. The lowest BCUT2D eigenvalue weighted by atomic mass is 10.1. The van der Waals surface area contributed by atoms with Gasteiger partial charge in [0.1, 0.15) is 11.5 Å². The average molecular weight is 538 g/mol. The monoisotopic (exact) mass is 536 g/mol. The molecule has 3 aromatic rings. The van der Waals surface area contributed by atoms with E-state index in [4.69, 9.17) is 4.74 Å². The first-order chi connectivity index (χ1) is 14.0. The lowest BCUT2D eigenvalue weighted by molar-refractivity contribution is -0.118. The number of fused-ring (bicyclic) bond motifs is 1. The number of nitrogens with zero attached hydrogens (tertiary/aromatic N) is 3. The van der Waals surface area contributed by atoms with Crippen LogP contribution in [0.15, 0.2) is 54.8 Å². The number of aromatic hydroxyl groups is 1. The number of carbonyl (C=O) groups excluding carboxylic acids is 1. The number of hydrogen-bond donors (Lipinski definition) is 2. The van der Waals surface area contributed by atoms with E-state index in [9.17, 15) is 9.90 Å². The van der Waals surface area contributed by atoms with E-state index in [1.165, 1.54) is 11.3 Å². The number of aromatic nitrogens is 1. The molecule has 1 amide bonds. The van der Waals surface area contributed by atoms with Gasteiger partial charge in [-0.25, -0.2) is 4.68 Å². The van der Waals surface area contributed by atoms with Crippen molar-refractivity contribution in [3.63, 3.8) is 0 Å². The molecule has 0 unspecified atom stereocenters. The highest BCUT2D eigenvalue weighted by Gasteiger charge is 2.17. The zero-order valence-electron chi connectivity index (χ0n) is 15.0. The molecule has 0 aliphatic carbocycles. The fourth-order valence-corrected chi connectivity index (χ4v) is 4.87. The minimum absolute atomic E-state index is 0.0135. The van der Waals surface area contributed by atoms with Gasteiger partial charge in [0.15, 0.2) is 6.61 Å². The first-order valence-electron chi connectivity index (χ1n) is 8.39. The molecule has 0 saturated heterocycles. The van der Waals surface area contributed by atoms with Gasteiger partial charge in [-0.2, -0.15) is 5.10 Å². The number of phenols is 1. The molecule has 0 atom stereocenters. The summed E-state index contributed by atoms with van der Waals surface area (Å²) in [5.41, 5.74) is 2.80. The van der Waals surface area contributed by atoms with Crippen molar-refractivity contribution in [2.75, 3.05) is 19.0 Å². The van der Waals surface area contributed by atoms with Crippen LogP contribution in [-0.4, -0.2) is 35.6 Å². The van der Waals surface area contributed by atoms with Crippen LogP contribution in [0.3, 0.4) is 0 Å². The second kappa shape index (κ2) is 8.13. The molecule has 1 aromatic heterocycles. The van der Waals surface area contributed by atoms with Crippen molar-refractivity contribution in [3.8, 4) is 22.8 Å². The Kier molecular flexibility index (Phi) is 5.57. The first-order valence-corrected chi connectivity index (χ1v) is 10.9. The third-order valence-electron chi connectivity index (χ3n) is 4.15. The molecule has 7 nitrogen and oxygen atoms in total. The molecule has 2 N–H and O–H groups in total. The highest BCUT2D eigenvalue weighted by Crippen LogP contribution is 2.33. The fraction of sp³-hybridized carbons (Fsp3) is 0.105. The largest absolute Gasteiger partial charge is 0.506 e. The molecular formula is C19H14Br2N4O3S. The SMILES string of the molecule is CN=c1scc(-c2ccc3c(c2)NC(=O)CO3)n1N=Cc1cc(Br)cc(Br)c1O. The van der Waals surface area contributed by atoms with Crippen LogP contribution in [0.2, 0.25) is 0 Å². The van der Waals surface area contributed by atoms with E-state index in [1.54, 1.807) is 30.1 Å². The number of hydrogen-bond acceptors (Lipinski definition) is 6. The maximum Gasteiger partial charge on any atom is 0.262 e. The van der Waals surface area contributed by atoms with Crippen LogP contribution in [0, 0.1) is 0 Å². The van der Waals surface area contributed by atoms with E-state index < -0.39 is 0 Å². The number of halogens is 2. The third-order valence-corrected chi connectivity index (χ3v) is 6.12. The molecule has 0 spiro atoms. The Morgan fingerprint density at radius 1 is 1.31 bits per heavy atom. The maximum atomic E-state index is 11.6. The van der Waals surface area contributed by atoms with Gasteiger partial charge in [-0.3, -0.25) is 9.79 Å². The van der Waals surface area contributed by atoms with Gasteiger partial charge in [-0.1, -0.05) is 15.9 Å². The Bertz CT molecular complexity index is 1220. The van der Waals surface area contributed by atoms with Crippen LogP contribution >= 0.6 is 43.2 Å². The number of anilines is 1. The molecule has 1 aliphatic rings. The van der Waals surface area contributed by atoms with E-state index in [-0.39, 0.29) is 18.3 Å². The summed E-state index contributed by atoms with van der Waals surface area (Å²) in [5.74, 6) is 0.534. The fourth-order valence-electron chi connectivity index (χ4n) is 2.81.